The normalized spacial score (nSPS) is 12.8. The predicted molar refractivity (Wildman–Crippen MR) is 96.2 cm³/mol. The Bertz CT molecular complexity index is 774. The van der Waals surface area contributed by atoms with Crippen molar-refractivity contribution in [2.45, 2.75) is 5.85 Å². The minimum absolute atomic E-state index is 0.579. The third-order valence-electron chi connectivity index (χ3n) is 3.79. The van der Waals surface area contributed by atoms with Crippen LogP contribution < -0.4 is 10.6 Å². The Morgan fingerprint density at radius 3 is 1.61 bits per heavy atom. The molecule has 0 spiro atoms. The highest BCUT2D eigenvalue weighted by molar-refractivity contribution is 7.78. The molecule has 0 fully saturated rings. The second-order valence-corrected chi connectivity index (χ2v) is 8.53. The highest BCUT2D eigenvalue weighted by Crippen LogP contribution is 2.55. The van der Waals surface area contributed by atoms with Crippen LogP contribution in [-0.2, 0) is 4.57 Å². The highest BCUT2D eigenvalue weighted by Gasteiger charge is 2.36. The van der Waals surface area contributed by atoms with Gasteiger partial charge in [-0.1, -0.05) is 84.4 Å². The molecule has 0 saturated carbocycles. The molecule has 0 saturated heterocycles. The van der Waals surface area contributed by atoms with Crippen LogP contribution in [0.2, 0.25) is 5.02 Å². The number of hydrogen-bond donors (Lipinski definition) is 1. The molecule has 3 rings (SSSR count). The number of aliphatic hydroxyl groups is 1. The van der Waals surface area contributed by atoms with Crippen LogP contribution in [0.5, 0.6) is 0 Å². The van der Waals surface area contributed by atoms with Crippen molar-refractivity contribution in [3.63, 3.8) is 0 Å². The van der Waals surface area contributed by atoms with Crippen LogP contribution in [0.3, 0.4) is 0 Å². The summed E-state index contributed by atoms with van der Waals surface area (Å²) in [6, 6.07) is 25.1. The van der Waals surface area contributed by atoms with Crippen molar-refractivity contribution >= 4 is 29.4 Å². The van der Waals surface area contributed by atoms with E-state index < -0.39 is 13.0 Å². The van der Waals surface area contributed by atoms with Gasteiger partial charge in [0.1, 0.15) is 5.85 Å². The van der Waals surface area contributed by atoms with E-state index in [0.29, 0.717) is 21.2 Å². The molecule has 0 radical (unpaired) electrons. The smallest absolute Gasteiger partial charge is 0.174 e. The van der Waals surface area contributed by atoms with E-state index in [1.807, 2.05) is 36.4 Å². The van der Waals surface area contributed by atoms with Gasteiger partial charge in [0, 0.05) is 15.6 Å². The van der Waals surface area contributed by atoms with Gasteiger partial charge in [0.05, 0.1) is 0 Å². The largest absolute Gasteiger partial charge is 0.380 e. The van der Waals surface area contributed by atoms with Crippen molar-refractivity contribution in [3.05, 3.63) is 95.5 Å². The van der Waals surface area contributed by atoms with Crippen LogP contribution in [0.15, 0.2) is 84.9 Å². The predicted octanol–water partition coefficient (Wildman–Crippen LogP) is 4.35. The van der Waals surface area contributed by atoms with Crippen LogP contribution in [-0.4, -0.2) is 5.11 Å². The number of aliphatic hydroxyl groups excluding tert-OH is 1. The first-order valence-electron chi connectivity index (χ1n) is 7.27. The van der Waals surface area contributed by atoms with E-state index in [1.165, 1.54) is 0 Å². The molecule has 3 aromatic rings. The third kappa shape index (κ3) is 3.11. The molecule has 4 heteroatoms. The number of hydrogen-bond acceptors (Lipinski definition) is 2. The van der Waals surface area contributed by atoms with Gasteiger partial charge in [-0.15, -0.1) is 0 Å². The molecule has 0 aliphatic rings. The molecule has 0 aliphatic carbocycles. The van der Waals surface area contributed by atoms with Gasteiger partial charge in [-0.3, -0.25) is 0 Å². The lowest BCUT2D eigenvalue weighted by Crippen LogP contribution is -2.21. The Morgan fingerprint density at radius 1 is 0.739 bits per heavy atom. The Morgan fingerprint density at radius 2 is 1.17 bits per heavy atom. The summed E-state index contributed by atoms with van der Waals surface area (Å²) in [6.45, 7) is 0. The lowest BCUT2D eigenvalue weighted by molar-refractivity contribution is 0.257. The molecular formula is C19H16ClO2P. The summed E-state index contributed by atoms with van der Waals surface area (Å²) in [5, 5.41) is 12.8. The van der Waals surface area contributed by atoms with E-state index >= 15 is 0 Å². The first-order valence-corrected chi connectivity index (χ1v) is 9.42. The van der Waals surface area contributed by atoms with Gasteiger partial charge in [-0.2, -0.15) is 0 Å². The van der Waals surface area contributed by atoms with Crippen LogP contribution in [0, 0.1) is 0 Å². The standard InChI is InChI=1S/C19H16ClO2P/c20-16-13-11-15(12-14-16)19(21)23(22,17-7-3-1-4-8-17)18-9-5-2-6-10-18/h1-14,19,21H/t19-/m0/s1. The van der Waals surface area contributed by atoms with Crippen molar-refractivity contribution in [2.75, 3.05) is 0 Å². The Kier molecular flexibility index (Phi) is 4.68. The van der Waals surface area contributed by atoms with E-state index in [9.17, 15) is 9.67 Å². The Balaban J connectivity index is 2.16. The second kappa shape index (κ2) is 6.72. The van der Waals surface area contributed by atoms with Gasteiger partial charge in [0.15, 0.2) is 7.14 Å². The first-order chi connectivity index (χ1) is 11.1. The van der Waals surface area contributed by atoms with E-state index in [-0.39, 0.29) is 0 Å². The van der Waals surface area contributed by atoms with Crippen molar-refractivity contribution in [1.29, 1.82) is 0 Å². The Hall–Kier alpha value is -1.86. The van der Waals surface area contributed by atoms with E-state index in [2.05, 4.69) is 0 Å². The van der Waals surface area contributed by atoms with Crippen molar-refractivity contribution in [1.82, 2.24) is 0 Å². The number of rotatable bonds is 4. The summed E-state index contributed by atoms with van der Waals surface area (Å²) in [5.41, 5.74) is 0.588. The van der Waals surface area contributed by atoms with E-state index in [4.69, 9.17) is 11.6 Å². The van der Waals surface area contributed by atoms with Crippen molar-refractivity contribution < 1.29 is 9.67 Å². The lowest BCUT2D eigenvalue weighted by atomic mass is 10.2. The molecule has 0 amide bonds. The molecule has 23 heavy (non-hydrogen) atoms. The van der Waals surface area contributed by atoms with Gasteiger partial charge < -0.3 is 9.67 Å². The third-order valence-corrected chi connectivity index (χ3v) is 7.16. The van der Waals surface area contributed by atoms with E-state index in [1.54, 1.807) is 48.5 Å². The van der Waals surface area contributed by atoms with E-state index in [0.717, 1.165) is 0 Å². The quantitative estimate of drug-likeness (QED) is 0.716. The van der Waals surface area contributed by atoms with Crippen LogP contribution >= 0.6 is 18.7 Å². The SMILES string of the molecule is O=P(c1ccccc1)(c1ccccc1)[C@H](O)c1ccc(Cl)cc1. The molecule has 1 atom stereocenters. The van der Waals surface area contributed by atoms with Crippen molar-refractivity contribution in [3.8, 4) is 0 Å². The first kappa shape index (κ1) is 16.0. The average Bonchev–Trinajstić information content (AvgIpc) is 2.62. The zero-order valence-electron chi connectivity index (χ0n) is 12.3. The minimum atomic E-state index is -3.24. The molecular weight excluding hydrogens is 327 g/mol. The maximum absolute atomic E-state index is 13.9. The monoisotopic (exact) mass is 342 g/mol. The number of halogens is 1. The van der Waals surface area contributed by atoms with Gasteiger partial charge in [-0.25, -0.2) is 0 Å². The second-order valence-electron chi connectivity index (χ2n) is 5.25. The zero-order chi connectivity index (χ0) is 16.3. The fourth-order valence-electron chi connectivity index (χ4n) is 2.58. The summed E-state index contributed by atoms with van der Waals surface area (Å²) >= 11 is 5.91. The number of benzene rings is 3. The van der Waals surface area contributed by atoms with Crippen molar-refractivity contribution in [2.24, 2.45) is 0 Å². The van der Waals surface area contributed by atoms with Gasteiger partial charge >= 0.3 is 0 Å². The summed E-state index contributed by atoms with van der Waals surface area (Å²) < 4.78 is 13.9. The minimum Gasteiger partial charge on any atom is -0.380 e. The molecule has 0 aliphatic heterocycles. The maximum atomic E-state index is 13.9. The molecule has 3 aromatic carbocycles. The topological polar surface area (TPSA) is 37.3 Å². The Labute approximate surface area is 140 Å². The molecule has 2 nitrogen and oxygen atoms in total. The summed E-state index contributed by atoms with van der Waals surface area (Å²) in [7, 11) is -3.24. The average molecular weight is 343 g/mol. The summed E-state index contributed by atoms with van der Waals surface area (Å²) in [6.07, 6.45) is 0. The molecule has 0 unspecified atom stereocenters. The molecule has 1 N–H and O–H groups in total. The molecule has 0 heterocycles. The van der Waals surface area contributed by atoms with Gasteiger partial charge in [-0.05, 0) is 17.7 Å². The fourth-order valence-corrected chi connectivity index (χ4v) is 5.39. The molecule has 116 valence electrons. The zero-order valence-corrected chi connectivity index (χ0v) is 14.0. The fraction of sp³-hybridized carbons (Fsp3) is 0.0526. The summed E-state index contributed by atoms with van der Waals surface area (Å²) in [4.78, 5) is 0. The molecule has 0 aromatic heterocycles. The maximum Gasteiger partial charge on any atom is 0.174 e. The highest BCUT2D eigenvalue weighted by atomic mass is 35.5. The van der Waals surface area contributed by atoms with Crippen LogP contribution in [0.1, 0.15) is 11.4 Å². The lowest BCUT2D eigenvalue weighted by Gasteiger charge is -2.25. The summed E-state index contributed by atoms with van der Waals surface area (Å²) in [5.74, 6) is -1.12. The molecule has 0 bridgehead atoms. The van der Waals surface area contributed by atoms with Gasteiger partial charge in [0.25, 0.3) is 0 Å². The van der Waals surface area contributed by atoms with Gasteiger partial charge in [0.2, 0.25) is 0 Å². The van der Waals surface area contributed by atoms with Crippen LogP contribution in [0.25, 0.3) is 0 Å². The van der Waals surface area contributed by atoms with Crippen LogP contribution in [0.4, 0.5) is 0 Å².